The fraction of sp³-hybridized carbons (Fsp3) is 0.273. The SMILES string of the molecule is NCc1n[nH]c(=O)n1CCc1ccc(F)cc1. The Labute approximate surface area is 97.1 Å². The third kappa shape index (κ3) is 2.59. The summed E-state index contributed by atoms with van der Waals surface area (Å²) in [4.78, 5) is 11.4. The molecule has 0 aliphatic heterocycles. The molecule has 0 aliphatic carbocycles. The van der Waals surface area contributed by atoms with Crippen LogP contribution in [0.1, 0.15) is 11.4 Å². The molecule has 0 saturated heterocycles. The number of H-pyrrole nitrogens is 1. The Morgan fingerprint density at radius 3 is 2.71 bits per heavy atom. The van der Waals surface area contributed by atoms with Crippen molar-refractivity contribution in [2.45, 2.75) is 19.5 Å². The van der Waals surface area contributed by atoms with Gasteiger partial charge in [0.05, 0.1) is 6.54 Å². The molecule has 1 aromatic heterocycles. The number of hydrogen-bond acceptors (Lipinski definition) is 3. The third-order valence-corrected chi connectivity index (χ3v) is 2.56. The Bertz CT molecular complexity index is 543. The Kier molecular flexibility index (Phi) is 3.34. The number of halogens is 1. The van der Waals surface area contributed by atoms with Gasteiger partial charge in [0, 0.05) is 6.54 Å². The van der Waals surface area contributed by atoms with Gasteiger partial charge in [-0.3, -0.25) is 4.57 Å². The first kappa shape index (κ1) is 11.5. The highest BCUT2D eigenvalue weighted by molar-refractivity contribution is 5.16. The molecule has 6 heteroatoms. The fourth-order valence-corrected chi connectivity index (χ4v) is 1.63. The van der Waals surface area contributed by atoms with Crippen LogP contribution in [0.3, 0.4) is 0 Å². The van der Waals surface area contributed by atoms with Gasteiger partial charge in [0.25, 0.3) is 0 Å². The minimum atomic E-state index is -0.271. The van der Waals surface area contributed by atoms with Crippen molar-refractivity contribution >= 4 is 0 Å². The number of rotatable bonds is 4. The van der Waals surface area contributed by atoms with Gasteiger partial charge in [-0.05, 0) is 24.1 Å². The molecule has 0 bridgehead atoms. The molecule has 3 N–H and O–H groups in total. The summed E-state index contributed by atoms with van der Waals surface area (Å²) in [7, 11) is 0. The number of hydrogen-bond donors (Lipinski definition) is 2. The maximum atomic E-state index is 12.7. The third-order valence-electron chi connectivity index (χ3n) is 2.56. The predicted molar refractivity (Wildman–Crippen MR) is 60.8 cm³/mol. The van der Waals surface area contributed by atoms with E-state index in [0.29, 0.717) is 18.8 Å². The first-order valence-electron chi connectivity index (χ1n) is 5.29. The van der Waals surface area contributed by atoms with Gasteiger partial charge in [-0.25, -0.2) is 14.3 Å². The van der Waals surface area contributed by atoms with Crippen LogP contribution in [0.4, 0.5) is 4.39 Å². The molecule has 17 heavy (non-hydrogen) atoms. The van der Waals surface area contributed by atoms with Crippen LogP contribution in [0.15, 0.2) is 29.1 Å². The number of benzene rings is 1. The van der Waals surface area contributed by atoms with Crippen LogP contribution in [-0.2, 0) is 19.5 Å². The van der Waals surface area contributed by atoms with Crippen molar-refractivity contribution in [1.82, 2.24) is 14.8 Å². The summed E-state index contributed by atoms with van der Waals surface area (Å²) >= 11 is 0. The molecule has 0 aliphatic rings. The standard InChI is InChI=1S/C11H13FN4O/c12-9-3-1-8(2-4-9)5-6-16-10(7-13)14-15-11(16)17/h1-4H,5-7,13H2,(H,15,17). The van der Waals surface area contributed by atoms with Crippen LogP contribution in [0.2, 0.25) is 0 Å². The molecule has 2 rings (SSSR count). The lowest BCUT2D eigenvalue weighted by atomic mass is 10.1. The molecule has 0 amide bonds. The summed E-state index contributed by atoms with van der Waals surface area (Å²) in [5.74, 6) is 0.258. The first-order valence-corrected chi connectivity index (χ1v) is 5.29. The molecular weight excluding hydrogens is 223 g/mol. The van der Waals surface area contributed by atoms with E-state index in [1.165, 1.54) is 16.7 Å². The molecular formula is C11H13FN4O. The van der Waals surface area contributed by atoms with Crippen LogP contribution in [-0.4, -0.2) is 14.8 Å². The van der Waals surface area contributed by atoms with Crippen LogP contribution in [0, 0.1) is 5.82 Å². The molecule has 0 unspecified atom stereocenters. The Morgan fingerprint density at radius 1 is 1.35 bits per heavy atom. The van der Waals surface area contributed by atoms with Crippen molar-refractivity contribution in [1.29, 1.82) is 0 Å². The van der Waals surface area contributed by atoms with Crippen molar-refractivity contribution in [2.75, 3.05) is 0 Å². The molecule has 0 spiro atoms. The highest BCUT2D eigenvalue weighted by atomic mass is 19.1. The van der Waals surface area contributed by atoms with Gasteiger partial charge in [-0.2, -0.15) is 5.10 Å². The van der Waals surface area contributed by atoms with E-state index < -0.39 is 0 Å². The Balaban J connectivity index is 2.09. The average molecular weight is 236 g/mol. The van der Waals surface area contributed by atoms with Gasteiger partial charge >= 0.3 is 5.69 Å². The van der Waals surface area contributed by atoms with Crippen LogP contribution >= 0.6 is 0 Å². The van der Waals surface area contributed by atoms with E-state index in [0.717, 1.165) is 5.56 Å². The van der Waals surface area contributed by atoms with E-state index in [2.05, 4.69) is 10.2 Å². The minimum Gasteiger partial charge on any atom is -0.324 e. The van der Waals surface area contributed by atoms with Crippen molar-refractivity contribution in [3.05, 3.63) is 52.0 Å². The maximum Gasteiger partial charge on any atom is 0.343 e. The zero-order valence-corrected chi connectivity index (χ0v) is 9.19. The molecule has 5 nitrogen and oxygen atoms in total. The van der Waals surface area contributed by atoms with Gasteiger partial charge in [0.15, 0.2) is 0 Å². The Morgan fingerprint density at radius 2 is 2.06 bits per heavy atom. The van der Waals surface area contributed by atoms with Crippen molar-refractivity contribution in [3.8, 4) is 0 Å². The maximum absolute atomic E-state index is 12.7. The van der Waals surface area contributed by atoms with Gasteiger partial charge < -0.3 is 5.73 Å². The van der Waals surface area contributed by atoms with E-state index in [1.54, 1.807) is 12.1 Å². The lowest BCUT2D eigenvalue weighted by Crippen LogP contribution is -2.21. The van der Waals surface area contributed by atoms with Crippen molar-refractivity contribution < 1.29 is 4.39 Å². The molecule has 0 radical (unpaired) electrons. The number of aryl methyl sites for hydroxylation is 1. The monoisotopic (exact) mass is 236 g/mol. The summed E-state index contributed by atoms with van der Waals surface area (Å²) in [5.41, 5.74) is 6.15. The highest BCUT2D eigenvalue weighted by Crippen LogP contribution is 2.04. The zero-order valence-electron chi connectivity index (χ0n) is 9.19. The van der Waals surface area contributed by atoms with Gasteiger partial charge in [-0.1, -0.05) is 12.1 Å². The molecule has 1 heterocycles. The summed E-state index contributed by atoms with van der Waals surface area (Å²) in [6.07, 6.45) is 0.632. The first-order chi connectivity index (χ1) is 8.20. The van der Waals surface area contributed by atoms with E-state index in [1.807, 2.05) is 0 Å². The van der Waals surface area contributed by atoms with E-state index in [9.17, 15) is 9.18 Å². The lowest BCUT2D eigenvalue weighted by Gasteiger charge is -2.04. The highest BCUT2D eigenvalue weighted by Gasteiger charge is 2.06. The predicted octanol–water partition coefficient (Wildman–Crippen LogP) is 0.412. The molecule has 90 valence electrons. The molecule has 2 aromatic rings. The van der Waals surface area contributed by atoms with E-state index in [-0.39, 0.29) is 18.1 Å². The van der Waals surface area contributed by atoms with Gasteiger partial charge in [-0.15, -0.1) is 0 Å². The van der Waals surface area contributed by atoms with Crippen LogP contribution < -0.4 is 11.4 Å². The van der Waals surface area contributed by atoms with Crippen LogP contribution in [0.5, 0.6) is 0 Å². The van der Waals surface area contributed by atoms with E-state index in [4.69, 9.17) is 5.73 Å². The summed E-state index contributed by atoms with van der Waals surface area (Å²) in [5, 5.41) is 6.15. The largest absolute Gasteiger partial charge is 0.343 e. The average Bonchev–Trinajstić information content (AvgIpc) is 2.69. The topological polar surface area (TPSA) is 76.7 Å². The number of nitrogens with two attached hydrogens (primary N) is 1. The Hall–Kier alpha value is -1.95. The second kappa shape index (κ2) is 4.92. The number of nitrogens with one attached hydrogen (secondary N) is 1. The quantitative estimate of drug-likeness (QED) is 0.807. The normalized spacial score (nSPS) is 10.7. The number of aromatic amines is 1. The molecule has 0 saturated carbocycles. The molecule has 1 aromatic carbocycles. The summed E-state index contributed by atoms with van der Waals surface area (Å²) in [6.45, 7) is 0.690. The lowest BCUT2D eigenvalue weighted by molar-refractivity contribution is 0.620. The number of nitrogens with zero attached hydrogens (tertiary/aromatic N) is 2. The summed E-state index contributed by atoms with van der Waals surface area (Å²) < 4.78 is 14.2. The minimum absolute atomic E-state index is 0.210. The van der Waals surface area contributed by atoms with Crippen molar-refractivity contribution in [3.63, 3.8) is 0 Å². The number of aromatic nitrogens is 3. The second-order valence-electron chi connectivity index (χ2n) is 3.68. The summed E-state index contributed by atoms with van der Waals surface area (Å²) in [6, 6.07) is 6.19. The molecule has 0 atom stereocenters. The smallest absolute Gasteiger partial charge is 0.324 e. The van der Waals surface area contributed by atoms with Gasteiger partial charge in [0.2, 0.25) is 0 Å². The molecule has 0 fully saturated rings. The second-order valence-corrected chi connectivity index (χ2v) is 3.68. The zero-order chi connectivity index (χ0) is 12.3. The van der Waals surface area contributed by atoms with Crippen molar-refractivity contribution in [2.24, 2.45) is 5.73 Å². The van der Waals surface area contributed by atoms with Gasteiger partial charge in [0.1, 0.15) is 11.6 Å². The fourth-order valence-electron chi connectivity index (χ4n) is 1.63. The van der Waals surface area contributed by atoms with Crippen LogP contribution in [0.25, 0.3) is 0 Å². The van der Waals surface area contributed by atoms with E-state index >= 15 is 0 Å².